The van der Waals surface area contributed by atoms with Crippen LogP contribution >= 0.6 is 0 Å². The number of ether oxygens (including phenoxy) is 4. The minimum Gasteiger partial charge on any atom is -0.467 e. The first-order valence-corrected chi connectivity index (χ1v) is 13.7. The van der Waals surface area contributed by atoms with Crippen LogP contribution in [-0.4, -0.2) is 44.7 Å². The molecule has 0 radical (unpaired) electrons. The Balaban J connectivity index is 1.41. The Hall–Kier alpha value is -2.70. The van der Waals surface area contributed by atoms with Crippen molar-refractivity contribution in [1.29, 1.82) is 0 Å². The lowest BCUT2D eigenvalue weighted by atomic mass is 9.48. The number of hydrogen-bond acceptors (Lipinski definition) is 6. The molecule has 4 saturated carbocycles. The SMILES string of the molecule is CCOC(=O)c1ccc(C=C(C)c2ccc(OCOCCOC)c(C34CC5CC(CC(C5)C3)C4)c2)nc1. The average molecular weight is 506 g/mol. The molecule has 6 nitrogen and oxygen atoms in total. The van der Waals surface area contributed by atoms with E-state index in [0.717, 1.165) is 34.8 Å². The molecule has 6 rings (SSSR count). The lowest BCUT2D eigenvalue weighted by Gasteiger charge is -2.57. The first-order valence-electron chi connectivity index (χ1n) is 13.7. The fourth-order valence-corrected chi connectivity index (χ4v) is 7.19. The van der Waals surface area contributed by atoms with Gasteiger partial charge in [0, 0.05) is 18.9 Å². The van der Waals surface area contributed by atoms with E-state index in [1.54, 1.807) is 26.3 Å². The number of hydrogen-bond donors (Lipinski definition) is 0. The van der Waals surface area contributed by atoms with Gasteiger partial charge in [-0.1, -0.05) is 6.07 Å². The summed E-state index contributed by atoms with van der Waals surface area (Å²) in [5, 5.41) is 0. The Morgan fingerprint density at radius 3 is 2.35 bits per heavy atom. The summed E-state index contributed by atoms with van der Waals surface area (Å²) < 4.78 is 22.0. The van der Waals surface area contributed by atoms with Gasteiger partial charge < -0.3 is 18.9 Å². The molecule has 4 aliphatic rings. The van der Waals surface area contributed by atoms with Crippen LogP contribution in [0.25, 0.3) is 11.6 Å². The normalized spacial score (nSPS) is 26.4. The molecule has 1 heterocycles. The minimum absolute atomic E-state index is 0.201. The maximum atomic E-state index is 12.0. The minimum atomic E-state index is -0.343. The lowest BCUT2D eigenvalue weighted by Crippen LogP contribution is -2.48. The van der Waals surface area contributed by atoms with E-state index < -0.39 is 0 Å². The molecule has 2 aromatic rings. The fourth-order valence-electron chi connectivity index (χ4n) is 7.19. The monoisotopic (exact) mass is 505 g/mol. The van der Waals surface area contributed by atoms with Crippen LogP contribution in [0.2, 0.25) is 0 Å². The number of rotatable bonds is 11. The van der Waals surface area contributed by atoms with Crippen LogP contribution in [0.15, 0.2) is 36.5 Å². The maximum Gasteiger partial charge on any atom is 0.339 e. The Kier molecular flexibility index (Phi) is 7.96. The maximum absolute atomic E-state index is 12.0. The topological polar surface area (TPSA) is 66.9 Å². The van der Waals surface area contributed by atoms with Gasteiger partial charge in [0.05, 0.1) is 31.1 Å². The predicted octanol–water partition coefficient (Wildman–Crippen LogP) is 6.29. The number of aromatic nitrogens is 1. The Morgan fingerprint density at radius 2 is 1.73 bits per heavy atom. The van der Waals surface area contributed by atoms with Crippen molar-refractivity contribution in [2.24, 2.45) is 17.8 Å². The molecule has 0 atom stereocenters. The van der Waals surface area contributed by atoms with Crippen LogP contribution in [0, 0.1) is 17.8 Å². The second kappa shape index (κ2) is 11.4. The number of carbonyl (C=O) groups is 1. The van der Waals surface area contributed by atoms with Gasteiger partial charge in [0.1, 0.15) is 5.75 Å². The van der Waals surface area contributed by atoms with Gasteiger partial charge in [0.2, 0.25) is 0 Å². The third-order valence-electron chi connectivity index (χ3n) is 8.44. The van der Waals surface area contributed by atoms with Crippen molar-refractivity contribution in [1.82, 2.24) is 4.98 Å². The second-order valence-electron chi connectivity index (χ2n) is 11.1. The van der Waals surface area contributed by atoms with E-state index >= 15 is 0 Å². The number of benzene rings is 1. The molecule has 6 heteroatoms. The highest BCUT2D eigenvalue weighted by atomic mass is 16.7. The molecule has 0 aliphatic heterocycles. The number of allylic oxidation sites excluding steroid dienone is 1. The standard InChI is InChI=1S/C31H39NO5/c1-4-36-30(33)26-5-7-27(32-19-26)11-21(2)25-6-8-29(37-20-35-10-9-34-3)28(15-25)31-16-22-12-23(17-31)14-24(13-22)18-31/h5-8,11,15,19,22-24H,4,9-10,12-14,16-18,20H2,1-3H3. The van der Waals surface area contributed by atoms with E-state index in [9.17, 15) is 4.79 Å². The van der Waals surface area contributed by atoms with Gasteiger partial charge >= 0.3 is 5.97 Å². The molecular formula is C31H39NO5. The van der Waals surface area contributed by atoms with Gasteiger partial charge in [-0.05, 0) is 117 Å². The fraction of sp³-hybridized carbons (Fsp3) is 0.548. The van der Waals surface area contributed by atoms with Gasteiger partial charge in [0.15, 0.2) is 6.79 Å². The van der Waals surface area contributed by atoms with Gasteiger partial charge in [-0.3, -0.25) is 4.98 Å². The zero-order chi connectivity index (χ0) is 25.8. The van der Waals surface area contributed by atoms with Crippen LogP contribution in [0.3, 0.4) is 0 Å². The summed E-state index contributed by atoms with van der Waals surface area (Å²) in [4.78, 5) is 16.4. The van der Waals surface area contributed by atoms with Crippen molar-refractivity contribution in [3.05, 3.63) is 58.9 Å². The first kappa shape index (κ1) is 25.9. The molecule has 1 aromatic carbocycles. The van der Waals surface area contributed by atoms with Crippen LogP contribution in [0.4, 0.5) is 0 Å². The molecule has 0 spiro atoms. The Morgan fingerprint density at radius 1 is 1.03 bits per heavy atom. The summed E-state index contributed by atoms with van der Waals surface area (Å²) in [5.74, 6) is 3.15. The molecule has 4 aliphatic carbocycles. The number of carbonyl (C=O) groups excluding carboxylic acids is 1. The van der Waals surface area contributed by atoms with Crippen molar-refractivity contribution in [3.63, 3.8) is 0 Å². The first-order chi connectivity index (χ1) is 18.0. The summed E-state index contributed by atoms with van der Waals surface area (Å²) >= 11 is 0. The molecule has 37 heavy (non-hydrogen) atoms. The Bertz CT molecular complexity index is 1090. The van der Waals surface area contributed by atoms with Gasteiger partial charge in [0.25, 0.3) is 0 Å². The number of pyridine rings is 1. The van der Waals surface area contributed by atoms with Crippen LogP contribution < -0.4 is 4.74 Å². The van der Waals surface area contributed by atoms with Crippen molar-refractivity contribution in [3.8, 4) is 5.75 Å². The lowest BCUT2D eigenvalue weighted by molar-refractivity contribution is -0.0189. The van der Waals surface area contributed by atoms with Crippen molar-refractivity contribution >= 4 is 17.6 Å². The quantitative estimate of drug-likeness (QED) is 0.203. The highest BCUT2D eigenvalue weighted by Gasteiger charge is 2.52. The molecule has 0 amide bonds. The zero-order valence-corrected chi connectivity index (χ0v) is 22.3. The zero-order valence-electron chi connectivity index (χ0n) is 22.3. The van der Waals surface area contributed by atoms with Crippen LogP contribution in [0.1, 0.15) is 79.6 Å². The van der Waals surface area contributed by atoms with Crippen molar-refractivity contribution in [2.45, 2.75) is 57.8 Å². The molecule has 0 N–H and O–H groups in total. The molecule has 4 bridgehead atoms. The molecule has 4 fully saturated rings. The van der Waals surface area contributed by atoms with Gasteiger partial charge in [-0.2, -0.15) is 0 Å². The average Bonchev–Trinajstić information content (AvgIpc) is 2.88. The summed E-state index contributed by atoms with van der Waals surface area (Å²) in [5.41, 5.74) is 5.13. The van der Waals surface area contributed by atoms with E-state index in [1.807, 2.05) is 6.07 Å². The highest BCUT2D eigenvalue weighted by Crippen LogP contribution is 2.62. The Labute approximate surface area is 220 Å². The van der Waals surface area contributed by atoms with Crippen molar-refractivity contribution < 1.29 is 23.7 Å². The number of nitrogens with zero attached hydrogens (tertiary/aromatic N) is 1. The molecule has 198 valence electrons. The summed E-state index contributed by atoms with van der Waals surface area (Å²) in [6, 6.07) is 10.2. The van der Waals surface area contributed by atoms with Gasteiger partial charge in [-0.25, -0.2) is 4.79 Å². The van der Waals surface area contributed by atoms with E-state index in [0.29, 0.717) is 25.4 Å². The molecule has 1 aromatic heterocycles. The van der Waals surface area contributed by atoms with Crippen LogP contribution in [0.5, 0.6) is 5.75 Å². The van der Waals surface area contributed by atoms with E-state index in [-0.39, 0.29) is 18.2 Å². The smallest absolute Gasteiger partial charge is 0.339 e. The highest BCUT2D eigenvalue weighted by molar-refractivity contribution is 5.89. The number of esters is 1. The largest absolute Gasteiger partial charge is 0.467 e. The molecule has 0 saturated heterocycles. The van der Waals surface area contributed by atoms with Crippen molar-refractivity contribution in [2.75, 3.05) is 33.7 Å². The summed E-state index contributed by atoms with van der Waals surface area (Å²) in [6.07, 6.45) is 11.7. The molecule has 0 unspecified atom stereocenters. The second-order valence-corrected chi connectivity index (χ2v) is 11.1. The van der Waals surface area contributed by atoms with Gasteiger partial charge in [-0.15, -0.1) is 0 Å². The predicted molar refractivity (Wildman–Crippen MR) is 143 cm³/mol. The number of methoxy groups -OCH3 is 1. The van der Waals surface area contributed by atoms with E-state index in [1.165, 1.54) is 49.7 Å². The van der Waals surface area contributed by atoms with E-state index in [4.69, 9.17) is 18.9 Å². The molecular weight excluding hydrogens is 466 g/mol. The van der Waals surface area contributed by atoms with Crippen LogP contribution in [-0.2, 0) is 19.6 Å². The third kappa shape index (κ3) is 5.75. The van der Waals surface area contributed by atoms with E-state index in [2.05, 4.69) is 36.2 Å². The third-order valence-corrected chi connectivity index (χ3v) is 8.44. The summed E-state index contributed by atoms with van der Waals surface area (Å²) in [7, 11) is 1.67. The summed E-state index contributed by atoms with van der Waals surface area (Å²) in [6.45, 7) is 5.58.